The molecule has 3 amide bonds. The number of rotatable bonds is 4. The summed E-state index contributed by atoms with van der Waals surface area (Å²) in [6, 6.07) is 16.1. The summed E-state index contributed by atoms with van der Waals surface area (Å²) >= 11 is 0. The number of urea groups is 1. The van der Waals surface area contributed by atoms with Crippen molar-refractivity contribution in [2.45, 2.75) is 32.3 Å². The number of hydrogen-bond donors (Lipinski definition) is 1. The van der Waals surface area contributed by atoms with E-state index in [4.69, 9.17) is 0 Å². The first-order chi connectivity index (χ1) is 15.8. The molecule has 4 atom stereocenters. The summed E-state index contributed by atoms with van der Waals surface area (Å²) in [5, 5.41) is 3.52. The number of nitrogens with zero attached hydrogens (tertiary/aromatic N) is 4. The minimum absolute atomic E-state index is 0.207. The third kappa shape index (κ3) is 3.69. The van der Waals surface area contributed by atoms with Gasteiger partial charge in [-0.2, -0.15) is 0 Å². The minimum atomic E-state index is -0.545. The second-order valence-corrected chi connectivity index (χ2v) is 9.33. The largest absolute Gasteiger partial charge is 0.343 e. The lowest BCUT2D eigenvalue weighted by atomic mass is 10.0. The van der Waals surface area contributed by atoms with E-state index in [1.54, 1.807) is 36.2 Å². The van der Waals surface area contributed by atoms with Crippen LogP contribution in [0, 0.1) is 12.8 Å². The van der Waals surface area contributed by atoms with E-state index in [9.17, 15) is 14.4 Å². The van der Waals surface area contributed by atoms with E-state index < -0.39 is 18.2 Å². The second kappa shape index (κ2) is 8.28. The van der Waals surface area contributed by atoms with Crippen molar-refractivity contribution in [1.29, 1.82) is 0 Å². The van der Waals surface area contributed by atoms with Crippen LogP contribution >= 0.6 is 0 Å². The Morgan fingerprint density at radius 1 is 1.06 bits per heavy atom. The summed E-state index contributed by atoms with van der Waals surface area (Å²) in [5.41, 5.74) is 2.74. The molecule has 3 heterocycles. The number of hydrogen-bond acceptors (Lipinski definition) is 6. The van der Waals surface area contributed by atoms with Gasteiger partial charge in [-0.15, -0.1) is 0 Å². The molecule has 0 bridgehead atoms. The van der Waals surface area contributed by atoms with Gasteiger partial charge in [-0.1, -0.05) is 49.4 Å². The van der Waals surface area contributed by atoms with Crippen molar-refractivity contribution >= 4 is 23.4 Å². The maximum Gasteiger partial charge on any atom is 0.328 e. The number of likely N-dealkylation sites (N-methyl/N-ethyl adjacent to an activating group) is 1. The van der Waals surface area contributed by atoms with Gasteiger partial charge in [0.05, 0.1) is 6.54 Å². The number of carbonyl (C=O) groups excluding carboxylic acids is 3. The number of nitrogens with one attached hydrogen (secondary N) is 1. The molecule has 2 aromatic rings. The Bertz CT molecular complexity index is 1090. The fourth-order valence-electron chi connectivity index (χ4n) is 5.23. The van der Waals surface area contributed by atoms with E-state index in [1.165, 1.54) is 5.56 Å². The maximum atomic E-state index is 13.6. The molecule has 0 radical (unpaired) electrons. The Kier molecular flexibility index (Phi) is 5.42. The molecule has 2 aromatic carbocycles. The highest BCUT2D eigenvalue weighted by molar-refractivity contribution is 6.07. The Hall–Kier alpha value is -3.23. The normalized spacial score (nSPS) is 27.5. The third-order valence-corrected chi connectivity index (χ3v) is 6.82. The number of Topliss-reactive ketones (excluding diaryl/α,β-unsaturated/α-hetero) is 1. The second-order valence-electron chi connectivity index (χ2n) is 9.33. The standard InChI is InChI=1S/C25H29N5O3/c1-16-8-7-11-19(12-16)28-13-17(2)14-29-21-22(26-24(28)29)27(3)25(33)30(23(21)32)15-20(31)18-9-5-4-6-10-18/h4-12,17,21-22,24,26H,13-15H2,1-3H3. The van der Waals surface area contributed by atoms with Gasteiger partial charge in [0, 0.05) is 31.4 Å². The summed E-state index contributed by atoms with van der Waals surface area (Å²) in [7, 11) is 1.69. The third-order valence-electron chi connectivity index (χ3n) is 6.82. The summed E-state index contributed by atoms with van der Waals surface area (Å²) in [6.07, 6.45) is -0.655. The number of carbonyl (C=O) groups is 3. The summed E-state index contributed by atoms with van der Waals surface area (Å²) in [5.74, 6) is -0.238. The van der Waals surface area contributed by atoms with Crippen molar-refractivity contribution in [2.24, 2.45) is 5.92 Å². The zero-order valence-corrected chi connectivity index (χ0v) is 19.1. The van der Waals surface area contributed by atoms with Crippen LogP contribution in [0.1, 0.15) is 22.8 Å². The molecule has 5 rings (SSSR count). The number of amides is 3. The molecule has 3 fully saturated rings. The molecule has 3 aliphatic rings. The highest BCUT2D eigenvalue weighted by Crippen LogP contribution is 2.34. The molecule has 1 N–H and O–H groups in total. The lowest BCUT2D eigenvalue weighted by molar-refractivity contribution is -0.138. The van der Waals surface area contributed by atoms with Crippen molar-refractivity contribution in [1.82, 2.24) is 20.0 Å². The van der Waals surface area contributed by atoms with Crippen molar-refractivity contribution in [2.75, 3.05) is 31.6 Å². The van der Waals surface area contributed by atoms with Gasteiger partial charge in [0.25, 0.3) is 5.91 Å². The smallest absolute Gasteiger partial charge is 0.328 e. The summed E-state index contributed by atoms with van der Waals surface area (Å²) in [4.78, 5) is 46.6. The topological polar surface area (TPSA) is 76.2 Å². The molecule has 8 nitrogen and oxygen atoms in total. The summed E-state index contributed by atoms with van der Waals surface area (Å²) in [6.45, 7) is 5.55. The van der Waals surface area contributed by atoms with Gasteiger partial charge in [0.15, 0.2) is 5.78 Å². The first-order valence-corrected chi connectivity index (χ1v) is 11.4. The Labute approximate surface area is 193 Å². The lowest BCUT2D eigenvalue weighted by Crippen LogP contribution is -2.67. The maximum absolute atomic E-state index is 13.6. The van der Waals surface area contributed by atoms with Crippen LogP contribution < -0.4 is 10.2 Å². The van der Waals surface area contributed by atoms with Crippen LogP contribution in [-0.4, -0.2) is 77.6 Å². The number of anilines is 1. The molecule has 0 aromatic heterocycles. The van der Waals surface area contributed by atoms with Crippen molar-refractivity contribution < 1.29 is 14.4 Å². The van der Waals surface area contributed by atoms with Crippen molar-refractivity contribution in [3.05, 3.63) is 65.7 Å². The molecular formula is C25H29N5O3. The Morgan fingerprint density at radius 2 is 1.82 bits per heavy atom. The fourth-order valence-corrected chi connectivity index (χ4v) is 5.23. The van der Waals surface area contributed by atoms with Crippen LogP contribution in [0.2, 0.25) is 0 Å². The fraction of sp³-hybridized carbons (Fsp3) is 0.400. The SMILES string of the molecule is Cc1cccc(N2CC(C)CN3C4C(=O)N(CC(=O)c5ccccc5)C(=O)N(C)C4NC23)c1. The van der Waals surface area contributed by atoms with Crippen LogP contribution in [0.3, 0.4) is 0 Å². The zero-order valence-electron chi connectivity index (χ0n) is 19.1. The Balaban J connectivity index is 1.44. The molecule has 3 saturated heterocycles. The lowest BCUT2D eigenvalue weighted by Gasteiger charge is -2.46. The predicted molar refractivity (Wildman–Crippen MR) is 125 cm³/mol. The number of ketones is 1. The van der Waals surface area contributed by atoms with E-state index in [1.807, 2.05) is 12.1 Å². The molecule has 3 aliphatic heterocycles. The van der Waals surface area contributed by atoms with Gasteiger partial charge < -0.3 is 9.80 Å². The highest BCUT2D eigenvalue weighted by Gasteiger charge is 2.57. The highest BCUT2D eigenvalue weighted by atomic mass is 16.2. The van der Waals surface area contributed by atoms with Crippen LogP contribution in [0.4, 0.5) is 10.5 Å². The van der Waals surface area contributed by atoms with Crippen molar-refractivity contribution in [3.63, 3.8) is 0 Å². The molecule has 33 heavy (non-hydrogen) atoms. The molecule has 0 saturated carbocycles. The quantitative estimate of drug-likeness (QED) is 0.724. The average Bonchev–Trinajstić information content (AvgIpc) is 3.20. The van der Waals surface area contributed by atoms with Gasteiger partial charge in [0.1, 0.15) is 18.5 Å². The van der Waals surface area contributed by atoms with Gasteiger partial charge in [0.2, 0.25) is 0 Å². The molecular weight excluding hydrogens is 418 g/mol. The zero-order chi connectivity index (χ0) is 23.3. The molecule has 172 valence electrons. The molecule has 8 heteroatoms. The average molecular weight is 448 g/mol. The number of aryl methyl sites for hydroxylation is 1. The first-order valence-electron chi connectivity index (χ1n) is 11.4. The molecule has 0 aliphatic carbocycles. The number of fused-ring (bicyclic) bond motifs is 3. The van der Waals surface area contributed by atoms with Crippen LogP contribution in [0.5, 0.6) is 0 Å². The predicted octanol–water partition coefficient (Wildman–Crippen LogP) is 2.11. The van der Waals surface area contributed by atoms with E-state index >= 15 is 0 Å². The number of benzene rings is 2. The van der Waals surface area contributed by atoms with E-state index in [0.29, 0.717) is 11.5 Å². The molecule has 0 spiro atoms. The Morgan fingerprint density at radius 3 is 2.55 bits per heavy atom. The van der Waals surface area contributed by atoms with Crippen LogP contribution in [0.15, 0.2) is 54.6 Å². The van der Waals surface area contributed by atoms with Gasteiger partial charge >= 0.3 is 6.03 Å². The van der Waals surface area contributed by atoms with Gasteiger partial charge in [-0.3, -0.25) is 24.7 Å². The van der Waals surface area contributed by atoms with E-state index in [-0.39, 0.29) is 24.5 Å². The number of imide groups is 1. The minimum Gasteiger partial charge on any atom is -0.343 e. The first kappa shape index (κ1) is 21.6. The monoisotopic (exact) mass is 447 g/mol. The van der Waals surface area contributed by atoms with Gasteiger partial charge in [-0.25, -0.2) is 4.79 Å². The van der Waals surface area contributed by atoms with Crippen molar-refractivity contribution in [3.8, 4) is 0 Å². The van der Waals surface area contributed by atoms with Crippen LogP contribution in [0.25, 0.3) is 0 Å². The molecule has 4 unspecified atom stereocenters. The van der Waals surface area contributed by atoms with Crippen LogP contribution in [-0.2, 0) is 4.79 Å². The summed E-state index contributed by atoms with van der Waals surface area (Å²) < 4.78 is 0. The van der Waals surface area contributed by atoms with E-state index in [2.05, 4.69) is 47.2 Å². The van der Waals surface area contributed by atoms with E-state index in [0.717, 1.165) is 23.7 Å². The van der Waals surface area contributed by atoms with Gasteiger partial charge in [-0.05, 0) is 30.5 Å².